The molecule has 2 rings (SSSR count). The Morgan fingerprint density at radius 3 is 2.48 bits per heavy atom. The normalized spacial score (nSPS) is 15.9. The molecule has 1 heterocycles. The Hall–Kier alpha value is -1.75. The maximum atomic E-state index is 12.2. The van der Waals surface area contributed by atoms with E-state index in [1.807, 2.05) is 39.8 Å². The number of hydrogen-bond acceptors (Lipinski definition) is 4. The number of ether oxygens (including phenoxy) is 1. The van der Waals surface area contributed by atoms with Crippen molar-refractivity contribution in [1.82, 2.24) is 0 Å². The van der Waals surface area contributed by atoms with E-state index in [1.165, 1.54) is 0 Å². The molecule has 21 heavy (non-hydrogen) atoms. The second kappa shape index (κ2) is 5.93. The molecule has 1 aliphatic rings. The first-order chi connectivity index (χ1) is 9.79. The predicted molar refractivity (Wildman–Crippen MR) is 86.7 cm³/mol. The summed E-state index contributed by atoms with van der Waals surface area (Å²) >= 11 is 0. The molecule has 1 fully saturated rings. The van der Waals surface area contributed by atoms with Gasteiger partial charge in [0, 0.05) is 24.2 Å². The van der Waals surface area contributed by atoms with E-state index in [0.717, 1.165) is 37.6 Å². The molecule has 1 amide bonds. The number of carbonyl (C=O) groups excluding carboxylic acids is 1. The highest BCUT2D eigenvalue weighted by atomic mass is 16.5. The number of amides is 1. The van der Waals surface area contributed by atoms with E-state index in [4.69, 9.17) is 10.5 Å². The fourth-order valence-corrected chi connectivity index (χ4v) is 2.28. The van der Waals surface area contributed by atoms with E-state index in [9.17, 15) is 4.79 Å². The average Bonchev–Trinajstić information content (AvgIpc) is 2.41. The lowest BCUT2D eigenvalue weighted by atomic mass is 9.95. The third kappa shape index (κ3) is 3.67. The van der Waals surface area contributed by atoms with Crippen LogP contribution < -0.4 is 16.0 Å². The van der Waals surface area contributed by atoms with Crippen LogP contribution in [0.5, 0.6) is 0 Å². The SMILES string of the molecule is Cc1cc(N)c(NC(=O)C(C)(C)C)cc1N1CCOCC1. The molecule has 0 atom stereocenters. The molecule has 5 heteroatoms. The van der Waals surface area contributed by atoms with Gasteiger partial charge in [0.2, 0.25) is 5.91 Å². The molecule has 0 bridgehead atoms. The van der Waals surface area contributed by atoms with E-state index < -0.39 is 5.41 Å². The summed E-state index contributed by atoms with van der Waals surface area (Å²) in [6.45, 7) is 10.9. The Morgan fingerprint density at radius 2 is 1.90 bits per heavy atom. The van der Waals surface area contributed by atoms with Crippen LogP contribution in [0.1, 0.15) is 26.3 Å². The largest absolute Gasteiger partial charge is 0.397 e. The van der Waals surface area contributed by atoms with Gasteiger partial charge in [-0.3, -0.25) is 4.79 Å². The van der Waals surface area contributed by atoms with Crippen molar-refractivity contribution >= 4 is 23.0 Å². The number of nitrogens with zero attached hydrogens (tertiary/aromatic N) is 1. The van der Waals surface area contributed by atoms with Crippen molar-refractivity contribution in [3.8, 4) is 0 Å². The minimum atomic E-state index is -0.448. The number of nitrogens with one attached hydrogen (secondary N) is 1. The highest BCUT2D eigenvalue weighted by Gasteiger charge is 2.23. The standard InChI is InChI=1S/C16H25N3O2/c1-11-9-12(17)13(18-15(20)16(2,3)4)10-14(11)19-5-7-21-8-6-19/h9-10H,5-8,17H2,1-4H3,(H,18,20). The monoisotopic (exact) mass is 291 g/mol. The van der Waals surface area contributed by atoms with Crippen LogP contribution in [0.4, 0.5) is 17.1 Å². The number of aryl methyl sites for hydroxylation is 1. The fourth-order valence-electron chi connectivity index (χ4n) is 2.28. The van der Waals surface area contributed by atoms with Crippen LogP contribution >= 0.6 is 0 Å². The lowest BCUT2D eigenvalue weighted by Crippen LogP contribution is -2.36. The fraction of sp³-hybridized carbons (Fsp3) is 0.562. The number of hydrogen-bond donors (Lipinski definition) is 2. The van der Waals surface area contributed by atoms with Crippen molar-refractivity contribution in [3.63, 3.8) is 0 Å². The molecule has 0 unspecified atom stereocenters. The van der Waals surface area contributed by atoms with Crippen molar-refractivity contribution in [2.45, 2.75) is 27.7 Å². The molecular formula is C16H25N3O2. The average molecular weight is 291 g/mol. The number of morpholine rings is 1. The summed E-state index contributed by atoms with van der Waals surface area (Å²) in [5, 5.41) is 2.94. The van der Waals surface area contributed by atoms with Gasteiger partial charge in [0.15, 0.2) is 0 Å². The quantitative estimate of drug-likeness (QED) is 0.821. The molecule has 116 valence electrons. The van der Waals surface area contributed by atoms with Gasteiger partial charge < -0.3 is 20.7 Å². The summed E-state index contributed by atoms with van der Waals surface area (Å²) in [5.41, 5.74) is 9.11. The maximum Gasteiger partial charge on any atom is 0.229 e. The zero-order valence-electron chi connectivity index (χ0n) is 13.3. The molecule has 3 N–H and O–H groups in total. The Labute approximate surface area is 126 Å². The van der Waals surface area contributed by atoms with Crippen molar-refractivity contribution in [3.05, 3.63) is 17.7 Å². The smallest absolute Gasteiger partial charge is 0.229 e. The van der Waals surface area contributed by atoms with Crippen LogP contribution in [0.15, 0.2) is 12.1 Å². The minimum absolute atomic E-state index is 0.0361. The molecule has 0 spiro atoms. The highest BCUT2D eigenvalue weighted by Crippen LogP contribution is 2.31. The Bertz CT molecular complexity index is 529. The molecular weight excluding hydrogens is 266 g/mol. The lowest BCUT2D eigenvalue weighted by Gasteiger charge is -2.31. The van der Waals surface area contributed by atoms with Crippen molar-refractivity contribution < 1.29 is 9.53 Å². The molecule has 1 saturated heterocycles. The van der Waals surface area contributed by atoms with E-state index in [1.54, 1.807) is 0 Å². The van der Waals surface area contributed by atoms with E-state index in [0.29, 0.717) is 11.4 Å². The van der Waals surface area contributed by atoms with Crippen molar-refractivity contribution in [2.24, 2.45) is 5.41 Å². The molecule has 0 saturated carbocycles. The molecule has 1 aliphatic heterocycles. The second-order valence-electron chi connectivity index (χ2n) is 6.53. The third-order valence-corrected chi connectivity index (χ3v) is 3.65. The molecule has 1 aromatic rings. The van der Waals surface area contributed by atoms with Gasteiger partial charge >= 0.3 is 0 Å². The summed E-state index contributed by atoms with van der Waals surface area (Å²) < 4.78 is 5.39. The van der Waals surface area contributed by atoms with E-state index in [-0.39, 0.29) is 5.91 Å². The van der Waals surface area contributed by atoms with Gasteiger partial charge in [0.05, 0.1) is 24.6 Å². The van der Waals surface area contributed by atoms with Crippen LogP contribution in [0.3, 0.4) is 0 Å². The topological polar surface area (TPSA) is 67.6 Å². The highest BCUT2D eigenvalue weighted by molar-refractivity contribution is 5.98. The number of nitrogens with two attached hydrogens (primary N) is 1. The van der Waals surface area contributed by atoms with Crippen LogP contribution in [0, 0.1) is 12.3 Å². The van der Waals surface area contributed by atoms with Crippen molar-refractivity contribution in [2.75, 3.05) is 42.3 Å². The summed E-state index contributed by atoms with van der Waals surface area (Å²) in [4.78, 5) is 14.4. The van der Waals surface area contributed by atoms with E-state index >= 15 is 0 Å². The first-order valence-electron chi connectivity index (χ1n) is 7.33. The Morgan fingerprint density at radius 1 is 1.29 bits per heavy atom. The minimum Gasteiger partial charge on any atom is -0.397 e. The van der Waals surface area contributed by atoms with E-state index in [2.05, 4.69) is 10.2 Å². The molecule has 1 aromatic carbocycles. The third-order valence-electron chi connectivity index (χ3n) is 3.65. The van der Waals surface area contributed by atoms with Crippen LogP contribution in [-0.2, 0) is 9.53 Å². The molecule has 0 aromatic heterocycles. The zero-order chi connectivity index (χ0) is 15.6. The van der Waals surface area contributed by atoms with Crippen molar-refractivity contribution in [1.29, 1.82) is 0 Å². The first-order valence-corrected chi connectivity index (χ1v) is 7.33. The van der Waals surface area contributed by atoms with Crippen LogP contribution in [0.25, 0.3) is 0 Å². The second-order valence-corrected chi connectivity index (χ2v) is 6.53. The number of anilines is 3. The van der Waals surface area contributed by atoms with Gasteiger partial charge in [-0.25, -0.2) is 0 Å². The number of benzene rings is 1. The zero-order valence-corrected chi connectivity index (χ0v) is 13.3. The Balaban J connectivity index is 2.27. The predicted octanol–water partition coefficient (Wildman–Crippen LogP) is 2.40. The van der Waals surface area contributed by atoms with Gasteiger partial charge in [-0.1, -0.05) is 20.8 Å². The van der Waals surface area contributed by atoms with Gasteiger partial charge in [-0.05, 0) is 24.6 Å². The van der Waals surface area contributed by atoms with Gasteiger partial charge in [-0.2, -0.15) is 0 Å². The number of nitrogen functional groups attached to an aromatic ring is 1. The molecule has 5 nitrogen and oxygen atoms in total. The van der Waals surface area contributed by atoms with Crippen LogP contribution in [-0.4, -0.2) is 32.2 Å². The summed E-state index contributed by atoms with van der Waals surface area (Å²) in [7, 11) is 0. The molecule has 0 radical (unpaired) electrons. The maximum absolute atomic E-state index is 12.2. The lowest BCUT2D eigenvalue weighted by molar-refractivity contribution is -0.123. The number of rotatable bonds is 2. The Kier molecular flexibility index (Phi) is 4.42. The van der Waals surface area contributed by atoms with Gasteiger partial charge in [-0.15, -0.1) is 0 Å². The summed E-state index contributed by atoms with van der Waals surface area (Å²) in [5.74, 6) is -0.0361. The molecule has 0 aliphatic carbocycles. The van der Waals surface area contributed by atoms with Gasteiger partial charge in [0.25, 0.3) is 0 Å². The van der Waals surface area contributed by atoms with Crippen LogP contribution in [0.2, 0.25) is 0 Å². The van der Waals surface area contributed by atoms with Gasteiger partial charge in [0.1, 0.15) is 0 Å². The summed E-state index contributed by atoms with van der Waals surface area (Å²) in [6.07, 6.45) is 0. The number of carbonyl (C=O) groups is 1. The summed E-state index contributed by atoms with van der Waals surface area (Å²) in [6, 6.07) is 3.89. The first kappa shape index (κ1) is 15.6.